The van der Waals surface area contributed by atoms with Crippen LogP contribution in [0.4, 0.5) is 0 Å². The number of aryl methyl sites for hydroxylation is 1. The third kappa shape index (κ3) is 2.56. The monoisotopic (exact) mass is 225 g/mol. The van der Waals surface area contributed by atoms with Crippen LogP contribution < -0.4 is 5.73 Å². The average Bonchev–Trinajstić information content (AvgIpc) is 2.65. The van der Waals surface area contributed by atoms with Gasteiger partial charge in [-0.2, -0.15) is 0 Å². The smallest absolute Gasteiger partial charge is 0.0898 e. The maximum Gasteiger partial charge on any atom is 0.0898 e. The van der Waals surface area contributed by atoms with E-state index in [0.29, 0.717) is 12.1 Å². The van der Waals surface area contributed by atoms with Crippen LogP contribution in [0.15, 0.2) is 5.38 Å². The molecule has 0 radical (unpaired) electrons. The molecular weight excluding hydrogens is 206 g/mol. The number of hydrogen-bond acceptors (Lipinski definition) is 4. The van der Waals surface area contributed by atoms with Crippen LogP contribution in [-0.4, -0.2) is 29.0 Å². The molecule has 1 atom stereocenters. The van der Waals surface area contributed by atoms with Crippen molar-refractivity contribution in [2.24, 2.45) is 5.73 Å². The van der Waals surface area contributed by atoms with Crippen LogP contribution in [0.3, 0.4) is 0 Å². The van der Waals surface area contributed by atoms with Crippen molar-refractivity contribution in [3.8, 4) is 0 Å². The molecule has 1 aliphatic heterocycles. The highest BCUT2D eigenvalue weighted by molar-refractivity contribution is 7.09. The van der Waals surface area contributed by atoms with Gasteiger partial charge in [0.1, 0.15) is 0 Å². The minimum atomic E-state index is 0.408. The van der Waals surface area contributed by atoms with Crippen LogP contribution in [0.1, 0.15) is 36.5 Å². The summed E-state index contributed by atoms with van der Waals surface area (Å²) in [6.45, 7) is 6.52. The van der Waals surface area contributed by atoms with Crippen molar-refractivity contribution in [3.63, 3.8) is 0 Å². The van der Waals surface area contributed by atoms with Crippen molar-refractivity contribution in [1.29, 1.82) is 0 Å². The van der Waals surface area contributed by atoms with E-state index in [-0.39, 0.29) is 0 Å². The van der Waals surface area contributed by atoms with E-state index in [4.69, 9.17) is 5.73 Å². The summed E-state index contributed by atoms with van der Waals surface area (Å²) in [5.41, 5.74) is 7.12. The van der Waals surface area contributed by atoms with Gasteiger partial charge in [-0.3, -0.25) is 4.90 Å². The molecule has 0 amide bonds. The number of likely N-dealkylation sites (tertiary alicyclic amines) is 1. The lowest BCUT2D eigenvalue weighted by Crippen LogP contribution is -2.40. The molecule has 0 saturated carbocycles. The minimum absolute atomic E-state index is 0.408. The molecule has 1 saturated heterocycles. The Morgan fingerprint density at radius 3 is 2.73 bits per heavy atom. The van der Waals surface area contributed by atoms with Gasteiger partial charge in [0.15, 0.2) is 0 Å². The number of aromatic nitrogens is 1. The lowest BCUT2D eigenvalue weighted by atomic mass is 10.0. The van der Waals surface area contributed by atoms with Gasteiger partial charge >= 0.3 is 0 Å². The van der Waals surface area contributed by atoms with E-state index in [1.54, 1.807) is 11.3 Å². The van der Waals surface area contributed by atoms with Crippen molar-refractivity contribution < 1.29 is 0 Å². The van der Waals surface area contributed by atoms with E-state index >= 15 is 0 Å². The molecule has 0 spiro atoms. The molecule has 1 aromatic rings. The Balaban J connectivity index is 1.99. The van der Waals surface area contributed by atoms with E-state index < -0.39 is 0 Å². The van der Waals surface area contributed by atoms with E-state index in [9.17, 15) is 0 Å². The largest absolute Gasteiger partial charge is 0.328 e. The topological polar surface area (TPSA) is 42.2 Å². The molecule has 1 aromatic heterocycles. The molecule has 0 aromatic carbocycles. The normalized spacial score (nSPS) is 21.8. The van der Waals surface area contributed by atoms with Gasteiger partial charge in [-0.15, -0.1) is 11.3 Å². The standard InChI is InChI=1S/C11H19N3S/c1-8(11-7-15-9(2)13-11)14-5-3-10(12)4-6-14/h7-8,10H,3-6,12H2,1-2H3. The van der Waals surface area contributed by atoms with Crippen molar-refractivity contribution in [2.45, 2.75) is 38.8 Å². The van der Waals surface area contributed by atoms with Crippen molar-refractivity contribution in [2.75, 3.05) is 13.1 Å². The highest BCUT2D eigenvalue weighted by Gasteiger charge is 2.22. The average molecular weight is 225 g/mol. The van der Waals surface area contributed by atoms with Crippen molar-refractivity contribution >= 4 is 11.3 Å². The Hall–Kier alpha value is -0.450. The zero-order chi connectivity index (χ0) is 10.8. The van der Waals surface area contributed by atoms with Crippen LogP contribution >= 0.6 is 11.3 Å². The number of nitrogens with two attached hydrogens (primary N) is 1. The molecule has 0 aliphatic carbocycles. The van der Waals surface area contributed by atoms with Gasteiger partial charge < -0.3 is 5.73 Å². The lowest BCUT2D eigenvalue weighted by molar-refractivity contribution is 0.161. The highest BCUT2D eigenvalue weighted by atomic mass is 32.1. The molecule has 2 rings (SSSR count). The van der Waals surface area contributed by atoms with Gasteiger partial charge in [0.05, 0.1) is 16.7 Å². The summed E-state index contributed by atoms with van der Waals surface area (Å²) < 4.78 is 0. The predicted octanol–water partition coefficient (Wildman–Crippen LogP) is 1.94. The van der Waals surface area contributed by atoms with Gasteiger partial charge in [-0.25, -0.2) is 4.98 Å². The summed E-state index contributed by atoms with van der Waals surface area (Å²) in [4.78, 5) is 7.03. The molecule has 3 nitrogen and oxygen atoms in total. The van der Waals surface area contributed by atoms with Crippen molar-refractivity contribution in [3.05, 3.63) is 16.1 Å². The molecule has 1 unspecified atom stereocenters. The fourth-order valence-electron chi connectivity index (χ4n) is 2.07. The molecule has 1 aliphatic rings. The summed E-state index contributed by atoms with van der Waals surface area (Å²) in [7, 11) is 0. The first-order chi connectivity index (χ1) is 7.16. The van der Waals surface area contributed by atoms with Crippen LogP contribution in [0.25, 0.3) is 0 Å². The van der Waals surface area contributed by atoms with Crippen LogP contribution in [-0.2, 0) is 0 Å². The zero-order valence-corrected chi connectivity index (χ0v) is 10.3. The molecule has 2 N–H and O–H groups in total. The molecule has 15 heavy (non-hydrogen) atoms. The zero-order valence-electron chi connectivity index (χ0n) is 9.44. The Labute approximate surface area is 95.3 Å². The molecule has 0 bridgehead atoms. The summed E-state index contributed by atoms with van der Waals surface area (Å²) in [5, 5.41) is 3.33. The molecule has 84 valence electrons. The van der Waals surface area contributed by atoms with E-state index in [2.05, 4.69) is 29.1 Å². The van der Waals surface area contributed by atoms with E-state index in [0.717, 1.165) is 30.9 Å². The fraction of sp³-hybridized carbons (Fsp3) is 0.727. The van der Waals surface area contributed by atoms with Crippen LogP contribution in [0.2, 0.25) is 0 Å². The first kappa shape index (κ1) is 11.0. The second kappa shape index (κ2) is 4.60. The third-order valence-electron chi connectivity index (χ3n) is 3.19. The number of hydrogen-bond donors (Lipinski definition) is 1. The quantitative estimate of drug-likeness (QED) is 0.836. The van der Waals surface area contributed by atoms with Gasteiger partial charge in [0.25, 0.3) is 0 Å². The Kier molecular flexibility index (Phi) is 3.38. The summed E-state index contributed by atoms with van der Waals surface area (Å²) in [6, 6.07) is 0.855. The van der Waals surface area contributed by atoms with Crippen molar-refractivity contribution in [1.82, 2.24) is 9.88 Å². The fourth-order valence-corrected chi connectivity index (χ4v) is 2.76. The van der Waals surface area contributed by atoms with E-state index in [1.807, 2.05) is 0 Å². The highest BCUT2D eigenvalue weighted by Crippen LogP contribution is 2.24. The van der Waals surface area contributed by atoms with Crippen LogP contribution in [0.5, 0.6) is 0 Å². The number of rotatable bonds is 2. The first-order valence-electron chi connectivity index (χ1n) is 5.58. The van der Waals surface area contributed by atoms with Crippen LogP contribution in [0, 0.1) is 6.92 Å². The molecular formula is C11H19N3S. The summed E-state index contributed by atoms with van der Waals surface area (Å²) in [5.74, 6) is 0. The molecule has 4 heteroatoms. The molecule has 2 heterocycles. The number of thiazole rings is 1. The predicted molar refractivity (Wildman–Crippen MR) is 64.0 cm³/mol. The maximum atomic E-state index is 5.90. The second-order valence-electron chi connectivity index (χ2n) is 4.34. The second-order valence-corrected chi connectivity index (χ2v) is 5.40. The number of nitrogens with zero attached hydrogens (tertiary/aromatic N) is 2. The van der Waals surface area contributed by atoms with E-state index in [1.165, 1.54) is 5.69 Å². The van der Waals surface area contributed by atoms with Gasteiger partial charge in [-0.1, -0.05) is 0 Å². The Morgan fingerprint density at radius 2 is 2.20 bits per heavy atom. The first-order valence-corrected chi connectivity index (χ1v) is 6.46. The minimum Gasteiger partial charge on any atom is -0.328 e. The Bertz CT molecular complexity index is 315. The maximum absolute atomic E-state index is 5.90. The molecule has 1 fully saturated rings. The third-order valence-corrected chi connectivity index (χ3v) is 3.98. The van der Waals surface area contributed by atoms with Gasteiger partial charge in [0.2, 0.25) is 0 Å². The summed E-state index contributed by atoms with van der Waals surface area (Å²) in [6.07, 6.45) is 2.24. The van der Waals surface area contributed by atoms with Gasteiger partial charge in [-0.05, 0) is 26.7 Å². The van der Waals surface area contributed by atoms with Gasteiger partial charge in [0, 0.05) is 24.5 Å². The SMILES string of the molecule is Cc1nc(C(C)N2CCC(N)CC2)cs1. The summed E-state index contributed by atoms with van der Waals surface area (Å²) >= 11 is 1.73. The number of piperidine rings is 1. The lowest BCUT2D eigenvalue weighted by Gasteiger charge is -2.34. The Morgan fingerprint density at radius 1 is 1.53 bits per heavy atom.